The van der Waals surface area contributed by atoms with Crippen molar-refractivity contribution >= 4 is 17.3 Å². The zero-order valence-corrected chi connectivity index (χ0v) is 12.8. The zero-order valence-electron chi connectivity index (χ0n) is 12.0. The first kappa shape index (κ1) is 14.5. The summed E-state index contributed by atoms with van der Waals surface area (Å²) in [7, 11) is 0. The smallest absolute Gasteiger partial charge is 0.191 e. The van der Waals surface area contributed by atoms with Crippen molar-refractivity contribution in [2.24, 2.45) is 4.99 Å². The maximum absolute atomic E-state index is 4.51. The van der Waals surface area contributed by atoms with E-state index in [-0.39, 0.29) is 0 Å². The highest BCUT2D eigenvalue weighted by molar-refractivity contribution is 7.11. The van der Waals surface area contributed by atoms with Crippen LogP contribution in [0.3, 0.4) is 0 Å². The Kier molecular flexibility index (Phi) is 5.11. The lowest BCUT2D eigenvalue weighted by molar-refractivity contribution is 0.804. The van der Waals surface area contributed by atoms with Crippen LogP contribution in [0, 0.1) is 13.8 Å². The number of hydrogen-bond donors (Lipinski definition) is 3. The van der Waals surface area contributed by atoms with Crippen LogP contribution in [-0.2, 0) is 13.1 Å². The molecule has 0 aliphatic heterocycles. The van der Waals surface area contributed by atoms with E-state index in [1.165, 1.54) is 4.88 Å². The first-order chi connectivity index (χ1) is 9.69. The molecule has 0 amide bonds. The quantitative estimate of drug-likeness (QED) is 0.579. The summed E-state index contributed by atoms with van der Waals surface area (Å²) < 4.78 is 0. The van der Waals surface area contributed by atoms with Gasteiger partial charge in [0.05, 0.1) is 24.5 Å². The van der Waals surface area contributed by atoms with Gasteiger partial charge in [-0.25, -0.2) is 9.98 Å². The third-order valence-corrected chi connectivity index (χ3v) is 3.86. The monoisotopic (exact) mass is 292 g/mol. The van der Waals surface area contributed by atoms with Crippen LogP contribution in [0.1, 0.15) is 28.2 Å². The lowest BCUT2D eigenvalue weighted by Crippen LogP contribution is -2.36. The minimum absolute atomic E-state index is 0.575. The molecule has 6 nitrogen and oxygen atoms in total. The summed E-state index contributed by atoms with van der Waals surface area (Å²) in [5.41, 5.74) is 2.09. The number of aryl methyl sites for hydroxylation is 2. The van der Waals surface area contributed by atoms with E-state index >= 15 is 0 Å². The van der Waals surface area contributed by atoms with Gasteiger partial charge in [0.25, 0.3) is 0 Å². The summed E-state index contributed by atoms with van der Waals surface area (Å²) in [6, 6.07) is 1.92. The highest BCUT2D eigenvalue weighted by atomic mass is 32.1. The summed E-state index contributed by atoms with van der Waals surface area (Å²) in [5.74, 6) is 0.785. The summed E-state index contributed by atoms with van der Waals surface area (Å²) in [5, 5.41) is 14.4. The average Bonchev–Trinajstić information content (AvgIpc) is 3.04. The Bertz CT molecular complexity index is 538. The van der Waals surface area contributed by atoms with Gasteiger partial charge in [0.15, 0.2) is 5.96 Å². The van der Waals surface area contributed by atoms with Gasteiger partial charge in [-0.05, 0) is 26.8 Å². The molecule has 0 bridgehead atoms. The molecule has 2 heterocycles. The first-order valence-corrected chi connectivity index (χ1v) is 7.44. The van der Waals surface area contributed by atoms with Crippen LogP contribution in [0.25, 0.3) is 0 Å². The van der Waals surface area contributed by atoms with E-state index in [0.29, 0.717) is 13.1 Å². The highest BCUT2D eigenvalue weighted by Gasteiger charge is 2.04. The van der Waals surface area contributed by atoms with Gasteiger partial charge in [0.2, 0.25) is 0 Å². The molecule has 2 rings (SSSR count). The van der Waals surface area contributed by atoms with Crippen LogP contribution in [0.5, 0.6) is 0 Å². The molecule has 2 aromatic rings. The molecule has 3 N–H and O–H groups in total. The molecule has 0 aliphatic carbocycles. The second kappa shape index (κ2) is 7.04. The molecule has 0 saturated heterocycles. The molecular formula is C13H20N6S. The Hall–Kier alpha value is -1.89. The summed E-state index contributed by atoms with van der Waals surface area (Å²) in [6.45, 7) is 8.26. The van der Waals surface area contributed by atoms with Crippen molar-refractivity contribution in [3.63, 3.8) is 0 Å². The maximum Gasteiger partial charge on any atom is 0.191 e. The summed E-state index contributed by atoms with van der Waals surface area (Å²) in [4.78, 5) is 10.3. The van der Waals surface area contributed by atoms with Crippen LogP contribution >= 0.6 is 11.3 Å². The number of hydrogen-bond acceptors (Lipinski definition) is 4. The van der Waals surface area contributed by atoms with Crippen molar-refractivity contribution in [3.8, 4) is 0 Å². The molecule has 108 valence electrons. The lowest BCUT2D eigenvalue weighted by atomic mass is 10.4. The fourth-order valence-electron chi connectivity index (χ4n) is 1.65. The Balaban J connectivity index is 1.93. The number of aromatic amines is 1. The van der Waals surface area contributed by atoms with E-state index < -0.39 is 0 Å². The minimum Gasteiger partial charge on any atom is -0.357 e. The average molecular weight is 292 g/mol. The largest absolute Gasteiger partial charge is 0.357 e. The van der Waals surface area contributed by atoms with Crippen LogP contribution in [0.15, 0.2) is 17.3 Å². The normalized spacial score (nSPS) is 11.7. The van der Waals surface area contributed by atoms with Crippen LogP contribution in [0.4, 0.5) is 0 Å². The van der Waals surface area contributed by atoms with Gasteiger partial charge in [-0.15, -0.1) is 11.3 Å². The second-order valence-corrected chi connectivity index (χ2v) is 5.67. The number of aliphatic imine (C=N–C) groups is 1. The SMILES string of the molecule is CCNC(=NCc1ccn[nH]1)NCc1nc(C)c(C)s1. The van der Waals surface area contributed by atoms with E-state index in [0.717, 1.165) is 28.9 Å². The van der Waals surface area contributed by atoms with Gasteiger partial charge < -0.3 is 10.6 Å². The fourth-order valence-corrected chi connectivity index (χ4v) is 2.53. The lowest BCUT2D eigenvalue weighted by Gasteiger charge is -2.09. The molecule has 0 atom stereocenters. The van der Waals surface area contributed by atoms with E-state index in [9.17, 15) is 0 Å². The number of thiazole rings is 1. The Morgan fingerprint density at radius 2 is 2.25 bits per heavy atom. The molecule has 0 aromatic carbocycles. The number of H-pyrrole nitrogens is 1. The third kappa shape index (κ3) is 4.06. The first-order valence-electron chi connectivity index (χ1n) is 6.62. The molecule has 7 heteroatoms. The van der Waals surface area contributed by atoms with E-state index in [1.54, 1.807) is 17.5 Å². The molecule has 2 aromatic heterocycles. The standard InChI is InChI=1S/C13H20N6S/c1-4-14-13(15-7-11-5-6-17-19-11)16-8-12-18-9(2)10(3)20-12/h5-6H,4,7-8H2,1-3H3,(H,17,19)(H2,14,15,16). The predicted octanol–water partition coefficient (Wildman–Crippen LogP) is 1.74. The molecule has 0 saturated carbocycles. The molecule has 0 radical (unpaired) electrons. The summed E-state index contributed by atoms with van der Waals surface area (Å²) in [6.07, 6.45) is 1.73. The van der Waals surface area contributed by atoms with Crippen molar-refractivity contribution < 1.29 is 0 Å². The van der Waals surface area contributed by atoms with Gasteiger partial charge in [-0.1, -0.05) is 0 Å². The number of rotatable bonds is 5. The molecule has 0 aliphatic rings. The van der Waals surface area contributed by atoms with Gasteiger partial charge >= 0.3 is 0 Å². The minimum atomic E-state index is 0.575. The van der Waals surface area contributed by atoms with Gasteiger partial charge in [0, 0.05) is 17.6 Å². The van der Waals surface area contributed by atoms with Crippen molar-refractivity contribution in [1.29, 1.82) is 0 Å². The van der Waals surface area contributed by atoms with Gasteiger partial charge in [-0.3, -0.25) is 5.10 Å². The number of nitrogens with zero attached hydrogens (tertiary/aromatic N) is 3. The highest BCUT2D eigenvalue weighted by Crippen LogP contribution is 2.15. The van der Waals surface area contributed by atoms with Gasteiger partial charge in [0.1, 0.15) is 5.01 Å². The maximum atomic E-state index is 4.51. The second-order valence-electron chi connectivity index (χ2n) is 4.38. The molecule has 0 fully saturated rings. The van der Waals surface area contributed by atoms with E-state index in [4.69, 9.17) is 0 Å². The fraction of sp³-hybridized carbons (Fsp3) is 0.462. The predicted molar refractivity (Wildman–Crippen MR) is 81.8 cm³/mol. The van der Waals surface area contributed by atoms with Gasteiger partial charge in [-0.2, -0.15) is 5.10 Å². The Morgan fingerprint density at radius 1 is 1.40 bits per heavy atom. The summed E-state index contributed by atoms with van der Waals surface area (Å²) >= 11 is 1.72. The molecule has 0 unspecified atom stereocenters. The third-order valence-electron chi connectivity index (χ3n) is 2.79. The number of aromatic nitrogens is 3. The molecule has 20 heavy (non-hydrogen) atoms. The van der Waals surface area contributed by atoms with E-state index in [2.05, 4.69) is 37.7 Å². The van der Waals surface area contributed by atoms with Crippen LogP contribution in [0.2, 0.25) is 0 Å². The van der Waals surface area contributed by atoms with Crippen molar-refractivity contribution in [1.82, 2.24) is 25.8 Å². The van der Waals surface area contributed by atoms with Crippen molar-refractivity contribution in [2.45, 2.75) is 33.9 Å². The van der Waals surface area contributed by atoms with Crippen LogP contribution in [-0.4, -0.2) is 27.7 Å². The van der Waals surface area contributed by atoms with Crippen molar-refractivity contribution in [3.05, 3.63) is 33.5 Å². The number of nitrogens with one attached hydrogen (secondary N) is 3. The Morgan fingerprint density at radius 3 is 2.85 bits per heavy atom. The van der Waals surface area contributed by atoms with Crippen LogP contribution < -0.4 is 10.6 Å². The molecule has 0 spiro atoms. The molecular weight excluding hydrogens is 272 g/mol. The zero-order chi connectivity index (χ0) is 14.4. The van der Waals surface area contributed by atoms with E-state index in [1.807, 2.05) is 19.9 Å². The Labute approximate surface area is 122 Å². The van der Waals surface area contributed by atoms with Crippen molar-refractivity contribution in [2.75, 3.05) is 6.54 Å². The number of guanidine groups is 1. The topological polar surface area (TPSA) is 78.0 Å².